The van der Waals surface area contributed by atoms with Crippen LogP contribution in [0.15, 0.2) is 42.5 Å². The third kappa shape index (κ3) is 3.13. The van der Waals surface area contributed by atoms with Crippen molar-refractivity contribution in [1.29, 1.82) is 0 Å². The van der Waals surface area contributed by atoms with E-state index in [1.165, 1.54) is 18.2 Å². The van der Waals surface area contributed by atoms with Crippen LogP contribution in [0.3, 0.4) is 0 Å². The van der Waals surface area contributed by atoms with E-state index in [-0.39, 0.29) is 22.3 Å². The molecule has 1 N–H and O–H groups in total. The summed E-state index contributed by atoms with van der Waals surface area (Å²) in [6, 6.07) is 10.9. The maximum atomic E-state index is 12.1. The summed E-state index contributed by atoms with van der Waals surface area (Å²) < 4.78 is 0. The van der Waals surface area contributed by atoms with E-state index >= 15 is 0 Å². The van der Waals surface area contributed by atoms with E-state index in [4.69, 9.17) is 11.6 Å². The van der Waals surface area contributed by atoms with Gasteiger partial charge < -0.3 is 5.32 Å². The largest absolute Gasteiger partial charge is 0.320 e. The number of nitro groups is 1. The molecule has 2 rings (SSSR count). The number of non-ortho nitro benzene ring substituents is 1. The lowest BCUT2D eigenvalue weighted by molar-refractivity contribution is -0.384. The maximum Gasteiger partial charge on any atom is 0.271 e. The summed E-state index contributed by atoms with van der Waals surface area (Å²) in [6.45, 7) is 1.87. The number of hydrogen-bond acceptors (Lipinski definition) is 3. The van der Waals surface area contributed by atoms with Crippen molar-refractivity contribution in [2.75, 3.05) is 5.32 Å². The van der Waals surface area contributed by atoms with Crippen LogP contribution < -0.4 is 5.32 Å². The van der Waals surface area contributed by atoms with E-state index in [2.05, 4.69) is 5.32 Å². The Balaban J connectivity index is 2.27. The van der Waals surface area contributed by atoms with Gasteiger partial charge >= 0.3 is 0 Å². The summed E-state index contributed by atoms with van der Waals surface area (Å²) in [7, 11) is 0. The molecule has 0 saturated carbocycles. The highest BCUT2D eigenvalue weighted by atomic mass is 35.5. The second kappa shape index (κ2) is 5.71. The Kier molecular flexibility index (Phi) is 4.00. The number of carbonyl (C=O) groups excluding carboxylic acids is 1. The Morgan fingerprint density at radius 1 is 1.25 bits per heavy atom. The molecule has 0 fully saturated rings. The van der Waals surface area contributed by atoms with Gasteiger partial charge in [-0.25, -0.2) is 0 Å². The van der Waals surface area contributed by atoms with Gasteiger partial charge in [0.15, 0.2) is 0 Å². The molecule has 0 radical (unpaired) electrons. The normalized spacial score (nSPS) is 10.1. The van der Waals surface area contributed by atoms with Crippen molar-refractivity contribution in [3.05, 3.63) is 68.7 Å². The van der Waals surface area contributed by atoms with Crippen LogP contribution in [0.5, 0.6) is 0 Å². The predicted molar refractivity (Wildman–Crippen MR) is 77.2 cm³/mol. The molecule has 1 amide bonds. The Bertz CT molecular complexity index is 686. The van der Waals surface area contributed by atoms with Gasteiger partial charge in [-0.05, 0) is 25.1 Å². The van der Waals surface area contributed by atoms with Gasteiger partial charge in [0.25, 0.3) is 11.6 Å². The molecule has 0 aromatic heterocycles. The molecule has 102 valence electrons. The van der Waals surface area contributed by atoms with Gasteiger partial charge in [-0.3, -0.25) is 14.9 Å². The summed E-state index contributed by atoms with van der Waals surface area (Å²) in [5, 5.41) is 13.5. The summed E-state index contributed by atoms with van der Waals surface area (Å²) in [5.41, 5.74) is 1.50. The van der Waals surface area contributed by atoms with Crippen LogP contribution in [0.2, 0.25) is 5.02 Å². The van der Waals surface area contributed by atoms with E-state index in [1.807, 2.05) is 13.0 Å². The first-order valence-electron chi connectivity index (χ1n) is 5.79. The number of benzene rings is 2. The zero-order valence-corrected chi connectivity index (χ0v) is 11.3. The molecule has 0 unspecified atom stereocenters. The van der Waals surface area contributed by atoms with Crippen molar-refractivity contribution in [2.24, 2.45) is 0 Å². The molecule has 0 heterocycles. The highest BCUT2D eigenvalue weighted by molar-refractivity contribution is 6.34. The van der Waals surface area contributed by atoms with Crippen molar-refractivity contribution >= 4 is 28.9 Å². The summed E-state index contributed by atoms with van der Waals surface area (Å²) >= 11 is 5.93. The Hall–Kier alpha value is -2.40. The fraction of sp³-hybridized carbons (Fsp3) is 0.0714. The SMILES string of the molecule is Cc1cccc(C(=O)Nc2cc([N+](=O)[O-])ccc2Cl)c1. The van der Waals surface area contributed by atoms with Crippen molar-refractivity contribution in [1.82, 2.24) is 0 Å². The number of nitro benzene ring substituents is 1. The zero-order valence-electron chi connectivity index (χ0n) is 10.6. The van der Waals surface area contributed by atoms with Gasteiger partial charge in [0.2, 0.25) is 0 Å². The lowest BCUT2D eigenvalue weighted by atomic mass is 10.1. The first-order chi connectivity index (χ1) is 9.47. The van der Waals surface area contributed by atoms with Crippen molar-refractivity contribution in [3.63, 3.8) is 0 Å². The summed E-state index contributed by atoms with van der Waals surface area (Å²) in [6.07, 6.45) is 0. The maximum absolute atomic E-state index is 12.1. The predicted octanol–water partition coefficient (Wildman–Crippen LogP) is 3.81. The number of hydrogen-bond donors (Lipinski definition) is 1. The van der Waals surface area contributed by atoms with Gasteiger partial charge in [0, 0.05) is 17.7 Å². The fourth-order valence-electron chi connectivity index (χ4n) is 1.70. The number of carbonyl (C=O) groups is 1. The van der Waals surface area contributed by atoms with E-state index in [0.717, 1.165) is 5.56 Å². The van der Waals surface area contributed by atoms with Gasteiger partial charge in [0.05, 0.1) is 15.6 Å². The smallest absolute Gasteiger partial charge is 0.271 e. The van der Waals surface area contributed by atoms with Gasteiger partial charge in [0.1, 0.15) is 0 Å². The molecule has 0 aliphatic rings. The second-order valence-electron chi connectivity index (χ2n) is 4.24. The van der Waals surface area contributed by atoms with Crippen LogP contribution in [0.1, 0.15) is 15.9 Å². The molecular formula is C14H11ClN2O3. The molecular weight excluding hydrogens is 280 g/mol. The third-order valence-corrected chi connectivity index (χ3v) is 3.02. The minimum Gasteiger partial charge on any atom is -0.320 e. The standard InChI is InChI=1S/C14H11ClN2O3/c1-9-3-2-4-10(7-9)14(18)16-13-8-11(17(19)20)5-6-12(13)15/h2-8H,1H3,(H,16,18). The Labute approximate surface area is 120 Å². The fourth-order valence-corrected chi connectivity index (χ4v) is 1.87. The van der Waals surface area contributed by atoms with Crippen LogP contribution in [0.4, 0.5) is 11.4 Å². The molecule has 0 aliphatic heterocycles. The number of nitrogens with zero attached hydrogens (tertiary/aromatic N) is 1. The second-order valence-corrected chi connectivity index (χ2v) is 4.65. The molecule has 20 heavy (non-hydrogen) atoms. The number of amides is 1. The van der Waals surface area contributed by atoms with Crippen LogP contribution in [0.25, 0.3) is 0 Å². The van der Waals surface area contributed by atoms with E-state index < -0.39 is 4.92 Å². The molecule has 0 bridgehead atoms. The van der Waals surface area contributed by atoms with E-state index in [0.29, 0.717) is 5.56 Å². The molecule has 0 aliphatic carbocycles. The number of anilines is 1. The van der Waals surface area contributed by atoms with Gasteiger partial charge in [-0.1, -0.05) is 29.3 Å². The van der Waals surface area contributed by atoms with Crippen molar-refractivity contribution in [2.45, 2.75) is 6.92 Å². The quantitative estimate of drug-likeness (QED) is 0.690. The van der Waals surface area contributed by atoms with Crippen LogP contribution in [-0.2, 0) is 0 Å². The number of nitrogens with one attached hydrogen (secondary N) is 1. The molecule has 6 heteroatoms. The lowest BCUT2D eigenvalue weighted by Crippen LogP contribution is -2.12. The average molecular weight is 291 g/mol. The first-order valence-corrected chi connectivity index (χ1v) is 6.17. The highest BCUT2D eigenvalue weighted by Crippen LogP contribution is 2.27. The minimum atomic E-state index is -0.543. The topological polar surface area (TPSA) is 72.2 Å². The summed E-state index contributed by atoms with van der Waals surface area (Å²) in [4.78, 5) is 22.2. The van der Waals surface area contributed by atoms with Crippen molar-refractivity contribution in [3.8, 4) is 0 Å². The number of halogens is 1. The monoisotopic (exact) mass is 290 g/mol. The Morgan fingerprint density at radius 2 is 2.00 bits per heavy atom. The van der Waals surface area contributed by atoms with E-state index in [9.17, 15) is 14.9 Å². The number of aryl methyl sites for hydroxylation is 1. The molecule has 0 atom stereocenters. The van der Waals surface area contributed by atoms with Crippen LogP contribution in [-0.4, -0.2) is 10.8 Å². The first kappa shape index (κ1) is 14.0. The molecule has 0 saturated heterocycles. The molecule has 2 aromatic rings. The molecule has 2 aromatic carbocycles. The van der Waals surface area contributed by atoms with Gasteiger partial charge in [-0.2, -0.15) is 0 Å². The average Bonchev–Trinajstić information content (AvgIpc) is 2.41. The summed E-state index contributed by atoms with van der Waals surface area (Å²) in [5.74, 6) is -0.365. The van der Waals surface area contributed by atoms with Crippen LogP contribution in [0, 0.1) is 17.0 Å². The van der Waals surface area contributed by atoms with Crippen molar-refractivity contribution < 1.29 is 9.72 Å². The Morgan fingerprint density at radius 3 is 2.65 bits per heavy atom. The number of rotatable bonds is 3. The van der Waals surface area contributed by atoms with Gasteiger partial charge in [-0.15, -0.1) is 0 Å². The minimum absolute atomic E-state index is 0.131. The lowest BCUT2D eigenvalue weighted by Gasteiger charge is -2.07. The van der Waals surface area contributed by atoms with E-state index in [1.54, 1.807) is 18.2 Å². The highest BCUT2D eigenvalue weighted by Gasteiger charge is 2.13. The van der Waals surface area contributed by atoms with Crippen LogP contribution >= 0.6 is 11.6 Å². The molecule has 5 nitrogen and oxygen atoms in total. The zero-order chi connectivity index (χ0) is 14.7. The third-order valence-electron chi connectivity index (χ3n) is 2.69. The molecule has 0 spiro atoms.